The van der Waals surface area contributed by atoms with Gasteiger partial charge in [-0.1, -0.05) is 12.8 Å². The first-order valence-electron chi connectivity index (χ1n) is 12.8. The molecule has 2 N–H and O–H groups in total. The highest BCUT2D eigenvalue weighted by molar-refractivity contribution is 5.89. The van der Waals surface area contributed by atoms with Gasteiger partial charge in [-0.2, -0.15) is 10.2 Å². The van der Waals surface area contributed by atoms with Gasteiger partial charge in [-0.3, -0.25) is 9.36 Å². The maximum atomic E-state index is 6.54. The first kappa shape index (κ1) is 21.1. The zero-order valence-electron chi connectivity index (χ0n) is 20.3. The van der Waals surface area contributed by atoms with Gasteiger partial charge in [-0.05, 0) is 63.4 Å². The molecule has 0 spiro atoms. The van der Waals surface area contributed by atoms with E-state index in [2.05, 4.69) is 34.6 Å². The van der Waals surface area contributed by atoms with Crippen LogP contribution in [0.4, 0.5) is 5.69 Å². The van der Waals surface area contributed by atoms with Gasteiger partial charge in [0.05, 0.1) is 23.0 Å². The Morgan fingerprint density at radius 1 is 1.15 bits per heavy atom. The van der Waals surface area contributed by atoms with E-state index in [0.717, 1.165) is 60.5 Å². The van der Waals surface area contributed by atoms with Crippen molar-refractivity contribution in [2.24, 2.45) is 30.5 Å². The summed E-state index contributed by atoms with van der Waals surface area (Å²) in [5.41, 5.74) is 13.8. The summed E-state index contributed by atoms with van der Waals surface area (Å²) >= 11 is 0. The van der Waals surface area contributed by atoms with Gasteiger partial charge in [0.2, 0.25) is 0 Å². The van der Waals surface area contributed by atoms with Crippen molar-refractivity contribution in [2.45, 2.75) is 77.9 Å². The lowest BCUT2D eigenvalue weighted by Gasteiger charge is -2.46. The van der Waals surface area contributed by atoms with Crippen molar-refractivity contribution >= 4 is 16.7 Å². The summed E-state index contributed by atoms with van der Waals surface area (Å²) in [7, 11) is 1.97. The Kier molecular flexibility index (Phi) is 5.20. The Morgan fingerprint density at radius 2 is 2.03 bits per heavy atom. The molecule has 6 rings (SSSR count). The summed E-state index contributed by atoms with van der Waals surface area (Å²) in [6.07, 6.45) is 10.9. The van der Waals surface area contributed by atoms with Crippen molar-refractivity contribution in [1.82, 2.24) is 24.5 Å². The Bertz CT molecular complexity index is 1180. The Labute approximate surface area is 196 Å². The lowest BCUT2D eigenvalue weighted by atomic mass is 9.61. The summed E-state index contributed by atoms with van der Waals surface area (Å²) in [4.78, 5) is 7.19. The third kappa shape index (κ3) is 3.56. The lowest BCUT2D eigenvalue weighted by molar-refractivity contribution is 0.0637. The SMILES string of the molecule is Cc1cc(N2CCc3c(c(C)nn3CCC3C4CCCC3C(N)CC4)C2)c2cnn(C)c2n1. The zero-order chi connectivity index (χ0) is 22.7. The molecular formula is C26H37N7. The van der Waals surface area contributed by atoms with Crippen LogP contribution in [0.25, 0.3) is 11.0 Å². The molecule has 3 aromatic heterocycles. The van der Waals surface area contributed by atoms with E-state index >= 15 is 0 Å². The quantitative estimate of drug-likeness (QED) is 0.657. The van der Waals surface area contributed by atoms with E-state index in [-0.39, 0.29) is 0 Å². The molecule has 176 valence electrons. The lowest BCUT2D eigenvalue weighted by Crippen LogP contribution is -2.45. The van der Waals surface area contributed by atoms with Crippen molar-refractivity contribution in [3.63, 3.8) is 0 Å². The molecule has 0 amide bonds. The smallest absolute Gasteiger partial charge is 0.159 e. The van der Waals surface area contributed by atoms with Crippen LogP contribution in [0.3, 0.4) is 0 Å². The summed E-state index contributed by atoms with van der Waals surface area (Å²) < 4.78 is 4.21. The number of rotatable bonds is 4. The van der Waals surface area contributed by atoms with E-state index in [1.165, 1.54) is 61.2 Å². The van der Waals surface area contributed by atoms with Gasteiger partial charge >= 0.3 is 0 Å². The van der Waals surface area contributed by atoms with Gasteiger partial charge in [0.15, 0.2) is 5.65 Å². The Balaban J connectivity index is 1.23. The van der Waals surface area contributed by atoms with Crippen molar-refractivity contribution in [3.05, 3.63) is 34.9 Å². The molecule has 2 fully saturated rings. The van der Waals surface area contributed by atoms with Crippen LogP contribution < -0.4 is 10.6 Å². The van der Waals surface area contributed by atoms with Crippen LogP contribution in [-0.2, 0) is 26.6 Å². The number of nitrogens with zero attached hydrogens (tertiary/aromatic N) is 6. The van der Waals surface area contributed by atoms with Gasteiger partial charge in [0.1, 0.15) is 0 Å². The third-order valence-electron chi connectivity index (χ3n) is 8.85. The molecule has 4 heterocycles. The van der Waals surface area contributed by atoms with Gasteiger partial charge < -0.3 is 10.6 Å². The van der Waals surface area contributed by atoms with Gasteiger partial charge in [0.25, 0.3) is 0 Å². The summed E-state index contributed by atoms with van der Waals surface area (Å²) in [6, 6.07) is 2.63. The minimum atomic E-state index is 0.418. The molecule has 4 unspecified atom stereocenters. The number of hydrogen-bond donors (Lipinski definition) is 1. The molecular weight excluding hydrogens is 410 g/mol. The maximum Gasteiger partial charge on any atom is 0.159 e. The molecule has 0 aromatic carbocycles. The fourth-order valence-corrected chi connectivity index (χ4v) is 7.16. The maximum absolute atomic E-state index is 6.54. The molecule has 0 radical (unpaired) electrons. The molecule has 3 aliphatic rings. The highest BCUT2D eigenvalue weighted by Crippen LogP contribution is 2.46. The first-order valence-corrected chi connectivity index (χ1v) is 12.8. The third-order valence-corrected chi connectivity index (χ3v) is 8.85. The van der Waals surface area contributed by atoms with E-state index in [0.29, 0.717) is 6.04 Å². The van der Waals surface area contributed by atoms with E-state index < -0.39 is 0 Å². The van der Waals surface area contributed by atoms with Crippen LogP contribution in [0, 0.1) is 31.6 Å². The normalized spacial score (nSPS) is 27.2. The van der Waals surface area contributed by atoms with Crippen LogP contribution in [0.15, 0.2) is 12.3 Å². The van der Waals surface area contributed by atoms with E-state index in [9.17, 15) is 0 Å². The van der Waals surface area contributed by atoms with Crippen LogP contribution in [0.2, 0.25) is 0 Å². The molecule has 3 aromatic rings. The largest absolute Gasteiger partial charge is 0.366 e. The molecule has 2 aliphatic carbocycles. The van der Waals surface area contributed by atoms with E-state index in [4.69, 9.17) is 15.8 Å². The van der Waals surface area contributed by atoms with Crippen LogP contribution >= 0.6 is 0 Å². The number of hydrogen-bond acceptors (Lipinski definition) is 5. The second-order valence-corrected chi connectivity index (χ2v) is 10.7. The van der Waals surface area contributed by atoms with Crippen LogP contribution in [0.5, 0.6) is 0 Å². The second kappa shape index (κ2) is 8.12. The molecule has 2 saturated carbocycles. The summed E-state index contributed by atoms with van der Waals surface area (Å²) in [5.74, 6) is 2.42. The predicted molar refractivity (Wildman–Crippen MR) is 131 cm³/mol. The fourth-order valence-electron chi connectivity index (χ4n) is 7.16. The molecule has 0 saturated heterocycles. The molecule has 7 heteroatoms. The zero-order valence-corrected chi connectivity index (χ0v) is 20.3. The van der Waals surface area contributed by atoms with Crippen LogP contribution in [0.1, 0.15) is 61.2 Å². The molecule has 33 heavy (non-hydrogen) atoms. The van der Waals surface area contributed by atoms with Gasteiger partial charge in [-0.25, -0.2) is 4.98 Å². The molecule has 2 bridgehead atoms. The van der Waals surface area contributed by atoms with E-state index in [1.807, 2.05) is 17.9 Å². The summed E-state index contributed by atoms with van der Waals surface area (Å²) in [6.45, 7) is 7.21. The second-order valence-electron chi connectivity index (χ2n) is 10.7. The number of fused-ring (bicyclic) bond motifs is 4. The van der Waals surface area contributed by atoms with Crippen molar-refractivity contribution < 1.29 is 0 Å². The van der Waals surface area contributed by atoms with Crippen molar-refractivity contribution in [3.8, 4) is 0 Å². The van der Waals surface area contributed by atoms with Gasteiger partial charge in [-0.15, -0.1) is 0 Å². The average Bonchev–Trinajstić information content (AvgIpc) is 3.33. The van der Waals surface area contributed by atoms with E-state index in [1.54, 1.807) is 0 Å². The summed E-state index contributed by atoms with van der Waals surface area (Å²) in [5, 5.41) is 10.6. The topological polar surface area (TPSA) is 77.8 Å². The fraction of sp³-hybridized carbons (Fsp3) is 0.654. The van der Waals surface area contributed by atoms with Crippen molar-refractivity contribution in [1.29, 1.82) is 0 Å². The molecule has 7 nitrogen and oxygen atoms in total. The standard InChI is InChI=1S/C26H37N7/c1-16-13-25(21-14-28-31(3)26(21)29-16)32-11-10-24-22(15-32)17(2)30-33(24)12-9-19-18-5-4-6-20(19)23(27)8-7-18/h13-14,18-20,23H,4-12,15,27H2,1-3H3. The highest BCUT2D eigenvalue weighted by atomic mass is 15.3. The predicted octanol–water partition coefficient (Wildman–Crippen LogP) is 3.89. The number of pyridine rings is 1. The molecule has 1 aliphatic heterocycles. The highest BCUT2D eigenvalue weighted by Gasteiger charge is 2.40. The number of aryl methyl sites for hydroxylation is 4. The minimum absolute atomic E-state index is 0.418. The number of anilines is 1. The number of aromatic nitrogens is 5. The van der Waals surface area contributed by atoms with Gasteiger partial charge in [0, 0.05) is 56.1 Å². The minimum Gasteiger partial charge on any atom is -0.366 e. The average molecular weight is 448 g/mol. The molecule has 4 atom stereocenters. The van der Waals surface area contributed by atoms with Crippen molar-refractivity contribution in [2.75, 3.05) is 11.4 Å². The Morgan fingerprint density at radius 3 is 2.91 bits per heavy atom. The Hall–Kier alpha value is -2.41. The monoisotopic (exact) mass is 447 g/mol. The van der Waals surface area contributed by atoms with Crippen LogP contribution in [-0.4, -0.2) is 37.1 Å². The first-order chi connectivity index (χ1) is 16.0. The number of nitrogens with two attached hydrogens (primary N) is 1.